The van der Waals surface area contributed by atoms with Gasteiger partial charge in [-0.05, 0) is 32.3 Å². The zero-order chi connectivity index (χ0) is 19.7. The zero-order valence-corrected chi connectivity index (χ0v) is 18.3. The fraction of sp³-hybridized carbons (Fsp3) is 0.682. The number of amides is 1. The second-order valence-corrected chi connectivity index (χ2v) is 8.66. The van der Waals surface area contributed by atoms with Gasteiger partial charge in [0.15, 0.2) is 0 Å². The number of aryl methyl sites for hydroxylation is 1. The van der Waals surface area contributed by atoms with Crippen LogP contribution in [-0.2, 0) is 14.3 Å². The summed E-state index contributed by atoms with van der Waals surface area (Å²) in [6.45, 7) is 10.1. The SMILES string of the molecule is CCOC1CC(N)(C(=O)NCC2CCCOC2c2ccc(C)cc2)C1(C)C.Cl. The van der Waals surface area contributed by atoms with E-state index < -0.39 is 5.54 Å². The fourth-order valence-corrected chi connectivity index (χ4v) is 4.38. The number of nitrogens with one attached hydrogen (secondary N) is 1. The molecule has 28 heavy (non-hydrogen) atoms. The molecule has 0 bridgehead atoms. The van der Waals surface area contributed by atoms with E-state index in [9.17, 15) is 4.79 Å². The maximum atomic E-state index is 12.9. The lowest BCUT2D eigenvalue weighted by Crippen LogP contribution is -2.76. The average molecular weight is 411 g/mol. The van der Waals surface area contributed by atoms with Gasteiger partial charge < -0.3 is 20.5 Å². The Morgan fingerprint density at radius 1 is 1.32 bits per heavy atom. The standard InChI is InChI=1S/C22H34N2O3.ClH/c1-5-26-18-13-22(23,21(18,3)4)20(25)24-14-17-7-6-12-27-19(17)16-10-8-15(2)9-11-16;/h8-11,17-19H,5-7,12-14,23H2,1-4H3,(H,24,25);1H. The summed E-state index contributed by atoms with van der Waals surface area (Å²) in [6, 6.07) is 8.49. The van der Waals surface area contributed by atoms with Crippen molar-refractivity contribution in [1.82, 2.24) is 5.32 Å². The third kappa shape index (κ3) is 4.23. The lowest BCUT2D eigenvalue weighted by atomic mass is 9.54. The van der Waals surface area contributed by atoms with E-state index in [1.165, 1.54) is 11.1 Å². The Kier molecular flexibility index (Phi) is 7.54. The number of nitrogens with two attached hydrogens (primary N) is 1. The van der Waals surface area contributed by atoms with Gasteiger partial charge >= 0.3 is 0 Å². The van der Waals surface area contributed by atoms with E-state index in [2.05, 4.69) is 36.5 Å². The van der Waals surface area contributed by atoms with Gasteiger partial charge in [-0.1, -0.05) is 43.7 Å². The largest absolute Gasteiger partial charge is 0.378 e. The predicted molar refractivity (Wildman–Crippen MR) is 114 cm³/mol. The molecule has 4 unspecified atom stereocenters. The molecule has 0 spiro atoms. The minimum atomic E-state index is -0.873. The number of carbonyl (C=O) groups is 1. The van der Waals surface area contributed by atoms with Crippen LogP contribution in [0.5, 0.6) is 0 Å². The number of halogens is 1. The third-order valence-electron chi connectivity index (χ3n) is 6.61. The monoisotopic (exact) mass is 410 g/mol. The Labute approximate surface area is 175 Å². The van der Waals surface area contributed by atoms with Gasteiger partial charge in [0.05, 0.1) is 12.2 Å². The summed E-state index contributed by atoms with van der Waals surface area (Å²) in [7, 11) is 0. The van der Waals surface area contributed by atoms with Crippen LogP contribution in [0.1, 0.15) is 57.3 Å². The molecule has 3 rings (SSSR count). The van der Waals surface area contributed by atoms with Crippen LogP contribution in [-0.4, -0.2) is 37.3 Å². The van der Waals surface area contributed by atoms with Crippen LogP contribution in [0.15, 0.2) is 24.3 Å². The highest BCUT2D eigenvalue weighted by Crippen LogP contribution is 2.49. The van der Waals surface area contributed by atoms with E-state index in [1.54, 1.807) is 0 Å². The van der Waals surface area contributed by atoms with Crippen LogP contribution in [0.25, 0.3) is 0 Å². The van der Waals surface area contributed by atoms with Crippen molar-refractivity contribution in [2.45, 2.75) is 64.7 Å². The molecule has 2 aliphatic rings. The number of hydrogen-bond donors (Lipinski definition) is 2. The van der Waals surface area contributed by atoms with Crippen LogP contribution in [0.4, 0.5) is 0 Å². The Morgan fingerprint density at radius 2 is 2.00 bits per heavy atom. The average Bonchev–Trinajstić information content (AvgIpc) is 2.66. The lowest BCUT2D eigenvalue weighted by molar-refractivity contribution is -0.171. The molecule has 4 atom stereocenters. The van der Waals surface area contributed by atoms with Crippen molar-refractivity contribution < 1.29 is 14.3 Å². The van der Waals surface area contributed by atoms with Gasteiger partial charge in [0, 0.05) is 37.5 Å². The summed E-state index contributed by atoms with van der Waals surface area (Å²) < 4.78 is 11.8. The highest BCUT2D eigenvalue weighted by molar-refractivity contribution is 5.88. The van der Waals surface area contributed by atoms with E-state index in [1.807, 2.05) is 20.8 Å². The van der Waals surface area contributed by atoms with Crippen molar-refractivity contribution in [1.29, 1.82) is 0 Å². The van der Waals surface area contributed by atoms with Gasteiger partial charge in [-0.3, -0.25) is 4.79 Å². The van der Waals surface area contributed by atoms with Gasteiger partial charge in [-0.2, -0.15) is 0 Å². The summed E-state index contributed by atoms with van der Waals surface area (Å²) in [5.41, 5.74) is 7.68. The van der Waals surface area contributed by atoms with Gasteiger partial charge in [0.25, 0.3) is 0 Å². The molecule has 2 fully saturated rings. The van der Waals surface area contributed by atoms with Crippen molar-refractivity contribution in [2.75, 3.05) is 19.8 Å². The molecule has 6 heteroatoms. The first kappa shape index (κ1) is 23.1. The van der Waals surface area contributed by atoms with Gasteiger partial charge in [0.1, 0.15) is 5.54 Å². The maximum Gasteiger partial charge on any atom is 0.240 e. The van der Waals surface area contributed by atoms with E-state index in [4.69, 9.17) is 15.2 Å². The second kappa shape index (κ2) is 9.12. The Morgan fingerprint density at radius 3 is 2.61 bits per heavy atom. The molecule has 3 N–H and O–H groups in total. The zero-order valence-electron chi connectivity index (χ0n) is 17.5. The molecule has 1 aromatic rings. The van der Waals surface area contributed by atoms with Crippen molar-refractivity contribution in [3.63, 3.8) is 0 Å². The first-order valence-corrected chi connectivity index (χ1v) is 10.2. The molecule has 0 aromatic heterocycles. The summed E-state index contributed by atoms with van der Waals surface area (Å²) >= 11 is 0. The van der Waals surface area contributed by atoms with Crippen LogP contribution in [0.3, 0.4) is 0 Å². The first-order chi connectivity index (χ1) is 12.8. The minimum Gasteiger partial charge on any atom is -0.378 e. The summed E-state index contributed by atoms with van der Waals surface area (Å²) in [5.74, 6) is 0.191. The minimum absolute atomic E-state index is 0. The fourth-order valence-electron chi connectivity index (χ4n) is 4.38. The molecular weight excluding hydrogens is 376 g/mol. The van der Waals surface area contributed by atoms with Crippen LogP contribution in [0.2, 0.25) is 0 Å². The molecule has 0 radical (unpaired) electrons. The highest BCUT2D eigenvalue weighted by Gasteiger charge is 2.62. The van der Waals surface area contributed by atoms with Crippen molar-refractivity contribution >= 4 is 18.3 Å². The maximum absolute atomic E-state index is 12.9. The molecule has 1 amide bonds. The first-order valence-electron chi connectivity index (χ1n) is 10.2. The number of hydrogen-bond acceptors (Lipinski definition) is 4. The predicted octanol–water partition coefficient (Wildman–Crippen LogP) is 3.53. The normalized spacial score (nSPS) is 31.4. The number of benzene rings is 1. The second-order valence-electron chi connectivity index (χ2n) is 8.66. The van der Waals surface area contributed by atoms with Crippen LogP contribution in [0, 0.1) is 18.3 Å². The number of carbonyl (C=O) groups excluding carboxylic acids is 1. The van der Waals surface area contributed by atoms with Crippen LogP contribution < -0.4 is 11.1 Å². The molecule has 5 nitrogen and oxygen atoms in total. The topological polar surface area (TPSA) is 73.6 Å². The number of rotatable bonds is 6. The van der Waals surface area contributed by atoms with Crippen molar-refractivity contribution in [3.05, 3.63) is 35.4 Å². The Balaban J connectivity index is 0.00000280. The van der Waals surface area contributed by atoms with Crippen LogP contribution >= 0.6 is 12.4 Å². The highest BCUT2D eigenvalue weighted by atomic mass is 35.5. The Hall–Kier alpha value is -1.14. The lowest BCUT2D eigenvalue weighted by Gasteiger charge is -2.57. The molecule has 1 heterocycles. The molecule has 1 aliphatic heterocycles. The molecule has 158 valence electrons. The van der Waals surface area contributed by atoms with E-state index in [0.29, 0.717) is 19.6 Å². The van der Waals surface area contributed by atoms with Gasteiger partial charge in [-0.25, -0.2) is 0 Å². The summed E-state index contributed by atoms with van der Waals surface area (Å²) in [6.07, 6.45) is 2.70. The quantitative estimate of drug-likeness (QED) is 0.752. The molecule has 1 aliphatic carbocycles. The molecule has 1 saturated carbocycles. The van der Waals surface area contributed by atoms with E-state index >= 15 is 0 Å². The third-order valence-corrected chi connectivity index (χ3v) is 6.61. The summed E-state index contributed by atoms with van der Waals surface area (Å²) in [4.78, 5) is 12.9. The smallest absolute Gasteiger partial charge is 0.240 e. The van der Waals surface area contributed by atoms with Gasteiger partial charge in [0.2, 0.25) is 5.91 Å². The molecule has 1 aromatic carbocycles. The summed E-state index contributed by atoms with van der Waals surface area (Å²) in [5, 5.41) is 3.12. The molecular formula is C22H35ClN2O3. The van der Waals surface area contributed by atoms with E-state index in [0.717, 1.165) is 19.4 Å². The Bertz CT molecular complexity index is 664. The van der Waals surface area contributed by atoms with E-state index in [-0.39, 0.29) is 41.9 Å². The molecule has 1 saturated heterocycles. The van der Waals surface area contributed by atoms with Gasteiger partial charge in [-0.15, -0.1) is 12.4 Å². The van der Waals surface area contributed by atoms with Crippen molar-refractivity contribution in [2.24, 2.45) is 17.1 Å². The van der Waals surface area contributed by atoms with Crippen molar-refractivity contribution in [3.8, 4) is 0 Å². The number of ether oxygens (including phenoxy) is 2.